The van der Waals surface area contributed by atoms with Crippen molar-refractivity contribution in [2.24, 2.45) is 0 Å². The van der Waals surface area contributed by atoms with Crippen LogP contribution >= 0.6 is 0 Å². The predicted molar refractivity (Wildman–Crippen MR) is 85.2 cm³/mol. The van der Waals surface area contributed by atoms with Crippen molar-refractivity contribution >= 4 is 11.8 Å². The van der Waals surface area contributed by atoms with Crippen LogP contribution in [0.15, 0.2) is 42.5 Å². The Balaban J connectivity index is 2.07. The Bertz CT molecular complexity index is 740. The molecule has 0 aromatic heterocycles. The summed E-state index contributed by atoms with van der Waals surface area (Å²) >= 11 is 0. The Morgan fingerprint density at radius 2 is 1.58 bits per heavy atom. The lowest BCUT2D eigenvalue weighted by Gasteiger charge is -2.13. The fourth-order valence-electron chi connectivity index (χ4n) is 2.07. The van der Waals surface area contributed by atoms with Gasteiger partial charge in [-0.25, -0.2) is 9.18 Å². The zero-order chi connectivity index (χ0) is 17.7. The molecule has 2 rings (SSSR count). The van der Waals surface area contributed by atoms with Gasteiger partial charge in [-0.05, 0) is 49.4 Å². The van der Waals surface area contributed by atoms with Gasteiger partial charge in [-0.1, -0.05) is 0 Å². The fraction of sp³-hybridized carbons (Fsp3) is 0.222. The highest BCUT2D eigenvalue weighted by molar-refractivity contribution is 6.01. The molecule has 126 valence electrons. The van der Waals surface area contributed by atoms with Gasteiger partial charge >= 0.3 is 5.97 Å². The Morgan fingerprint density at radius 1 is 0.958 bits per heavy atom. The zero-order valence-electron chi connectivity index (χ0n) is 13.5. The van der Waals surface area contributed by atoms with Crippen LogP contribution in [-0.2, 0) is 4.74 Å². The average molecular weight is 332 g/mol. The number of benzene rings is 2. The van der Waals surface area contributed by atoms with Crippen molar-refractivity contribution in [3.05, 3.63) is 59.4 Å². The van der Waals surface area contributed by atoms with Crippen molar-refractivity contribution in [1.82, 2.24) is 0 Å². The standard InChI is InChI=1S/C18H17FO5/c1-11(17(20)12-4-7-14(22-2)8-5-12)24-18(21)13-6-9-16(23-3)15(19)10-13/h4-11H,1-3H3/t11-/m0/s1. The molecular formula is C18H17FO5. The molecule has 0 spiro atoms. The first kappa shape index (κ1) is 17.5. The van der Waals surface area contributed by atoms with E-state index in [1.807, 2.05) is 0 Å². The third-order valence-corrected chi connectivity index (χ3v) is 3.42. The van der Waals surface area contributed by atoms with Crippen LogP contribution in [0.5, 0.6) is 11.5 Å². The molecule has 0 fully saturated rings. The first-order valence-corrected chi connectivity index (χ1v) is 7.19. The fourth-order valence-corrected chi connectivity index (χ4v) is 2.07. The highest BCUT2D eigenvalue weighted by atomic mass is 19.1. The number of methoxy groups -OCH3 is 2. The maximum absolute atomic E-state index is 13.6. The number of halogens is 1. The molecule has 0 aliphatic carbocycles. The molecule has 0 heterocycles. The number of ketones is 1. The van der Waals surface area contributed by atoms with Gasteiger partial charge in [0.2, 0.25) is 5.78 Å². The lowest BCUT2D eigenvalue weighted by atomic mass is 10.1. The van der Waals surface area contributed by atoms with Gasteiger partial charge < -0.3 is 14.2 Å². The van der Waals surface area contributed by atoms with Crippen molar-refractivity contribution in [1.29, 1.82) is 0 Å². The van der Waals surface area contributed by atoms with Gasteiger partial charge in [0.1, 0.15) is 5.75 Å². The molecular weight excluding hydrogens is 315 g/mol. The Labute approximate surface area is 139 Å². The van der Waals surface area contributed by atoms with Crippen LogP contribution in [0.2, 0.25) is 0 Å². The van der Waals surface area contributed by atoms with E-state index in [1.165, 1.54) is 33.3 Å². The SMILES string of the molecule is COc1ccc(C(=O)[C@H](C)OC(=O)c2ccc(OC)c(F)c2)cc1. The van der Waals surface area contributed by atoms with E-state index in [9.17, 15) is 14.0 Å². The van der Waals surface area contributed by atoms with E-state index < -0.39 is 17.9 Å². The zero-order valence-corrected chi connectivity index (χ0v) is 13.5. The van der Waals surface area contributed by atoms with Crippen LogP contribution in [-0.4, -0.2) is 32.1 Å². The maximum Gasteiger partial charge on any atom is 0.338 e. The van der Waals surface area contributed by atoms with Crippen LogP contribution < -0.4 is 9.47 Å². The summed E-state index contributed by atoms with van der Waals surface area (Å²) in [5, 5.41) is 0. The van der Waals surface area contributed by atoms with Gasteiger partial charge in [0.25, 0.3) is 0 Å². The van der Waals surface area contributed by atoms with Crippen molar-refractivity contribution in [3.63, 3.8) is 0 Å². The minimum absolute atomic E-state index is 0.00248. The minimum Gasteiger partial charge on any atom is -0.497 e. The second-order valence-electron chi connectivity index (χ2n) is 4.99. The molecule has 0 aliphatic rings. The van der Waals surface area contributed by atoms with Crippen LogP contribution in [0.1, 0.15) is 27.6 Å². The number of hydrogen-bond acceptors (Lipinski definition) is 5. The molecule has 0 saturated heterocycles. The van der Waals surface area contributed by atoms with Crippen LogP contribution in [0.25, 0.3) is 0 Å². The first-order chi connectivity index (χ1) is 11.5. The number of Topliss-reactive ketones (excluding diaryl/α,β-unsaturated/α-hetero) is 1. The highest BCUT2D eigenvalue weighted by Gasteiger charge is 2.21. The molecule has 0 aliphatic heterocycles. The highest BCUT2D eigenvalue weighted by Crippen LogP contribution is 2.19. The van der Waals surface area contributed by atoms with Gasteiger partial charge in [0.15, 0.2) is 17.7 Å². The summed E-state index contributed by atoms with van der Waals surface area (Å²) in [5.41, 5.74) is 0.389. The molecule has 0 N–H and O–H groups in total. The molecule has 24 heavy (non-hydrogen) atoms. The predicted octanol–water partition coefficient (Wildman–Crippen LogP) is 3.27. The third-order valence-electron chi connectivity index (χ3n) is 3.42. The van der Waals surface area contributed by atoms with E-state index in [0.717, 1.165) is 6.07 Å². The quantitative estimate of drug-likeness (QED) is 0.600. The Morgan fingerprint density at radius 3 is 2.12 bits per heavy atom. The van der Waals surface area contributed by atoms with Crippen molar-refractivity contribution < 1.29 is 28.2 Å². The molecule has 2 aromatic rings. The molecule has 1 atom stereocenters. The molecule has 2 aromatic carbocycles. The van der Waals surface area contributed by atoms with E-state index >= 15 is 0 Å². The number of esters is 1. The van der Waals surface area contributed by atoms with E-state index in [1.54, 1.807) is 24.3 Å². The second kappa shape index (κ2) is 7.59. The molecule has 0 unspecified atom stereocenters. The number of carbonyl (C=O) groups is 2. The van der Waals surface area contributed by atoms with Gasteiger partial charge in [-0.2, -0.15) is 0 Å². The van der Waals surface area contributed by atoms with Crippen molar-refractivity contribution in [2.45, 2.75) is 13.0 Å². The minimum atomic E-state index is -1.00. The summed E-state index contributed by atoms with van der Waals surface area (Å²) in [5.74, 6) is -1.19. The number of rotatable bonds is 6. The third kappa shape index (κ3) is 3.90. The second-order valence-corrected chi connectivity index (χ2v) is 4.99. The smallest absolute Gasteiger partial charge is 0.338 e. The maximum atomic E-state index is 13.6. The Kier molecular flexibility index (Phi) is 5.52. The largest absolute Gasteiger partial charge is 0.497 e. The average Bonchev–Trinajstić information content (AvgIpc) is 2.60. The molecule has 0 amide bonds. The molecule has 0 saturated carbocycles. The molecule has 5 nitrogen and oxygen atoms in total. The summed E-state index contributed by atoms with van der Waals surface area (Å²) < 4.78 is 28.5. The summed E-state index contributed by atoms with van der Waals surface area (Å²) in [4.78, 5) is 24.3. The lowest BCUT2D eigenvalue weighted by Crippen LogP contribution is -2.24. The normalized spacial score (nSPS) is 11.5. The van der Waals surface area contributed by atoms with Crippen LogP contribution in [0.3, 0.4) is 0 Å². The lowest BCUT2D eigenvalue weighted by molar-refractivity contribution is 0.0318. The number of hydrogen-bond donors (Lipinski definition) is 0. The Hall–Kier alpha value is -2.89. The van der Waals surface area contributed by atoms with Gasteiger partial charge in [-0.15, -0.1) is 0 Å². The topological polar surface area (TPSA) is 61.8 Å². The van der Waals surface area contributed by atoms with Crippen LogP contribution in [0.4, 0.5) is 4.39 Å². The monoisotopic (exact) mass is 332 g/mol. The van der Waals surface area contributed by atoms with Crippen LogP contribution in [0, 0.1) is 5.82 Å². The molecule has 6 heteroatoms. The molecule has 0 bridgehead atoms. The van der Waals surface area contributed by atoms with E-state index in [-0.39, 0.29) is 17.1 Å². The number of carbonyl (C=O) groups excluding carboxylic acids is 2. The van der Waals surface area contributed by atoms with Gasteiger partial charge in [0.05, 0.1) is 19.8 Å². The summed E-state index contributed by atoms with van der Waals surface area (Å²) in [6.07, 6.45) is -1.00. The summed E-state index contributed by atoms with van der Waals surface area (Å²) in [7, 11) is 2.85. The van der Waals surface area contributed by atoms with E-state index in [2.05, 4.69) is 0 Å². The van der Waals surface area contributed by atoms with E-state index in [4.69, 9.17) is 14.2 Å². The van der Waals surface area contributed by atoms with E-state index in [0.29, 0.717) is 11.3 Å². The van der Waals surface area contributed by atoms with Gasteiger partial charge in [0, 0.05) is 5.56 Å². The summed E-state index contributed by atoms with van der Waals surface area (Å²) in [6.45, 7) is 1.46. The molecule has 0 radical (unpaired) electrons. The van der Waals surface area contributed by atoms with Gasteiger partial charge in [-0.3, -0.25) is 4.79 Å². The van der Waals surface area contributed by atoms with Crippen molar-refractivity contribution in [2.75, 3.05) is 14.2 Å². The first-order valence-electron chi connectivity index (χ1n) is 7.19. The number of ether oxygens (including phenoxy) is 3. The summed E-state index contributed by atoms with van der Waals surface area (Å²) in [6, 6.07) is 10.1. The van der Waals surface area contributed by atoms with Crippen molar-refractivity contribution in [3.8, 4) is 11.5 Å².